The maximum absolute atomic E-state index is 5.68. The second-order valence-electron chi connectivity index (χ2n) is 4.84. The molecule has 18 heavy (non-hydrogen) atoms. The summed E-state index contributed by atoms with van der Waals surface area (Å²) in [5, 5.41) is 8.24. The Bertz CT molecular complexity index is 734. The molecule has 0 aliphatic heterocycles. The van der Waals surface area contributed by atoms with Gasteiger partial charge in [-0.15, -0.1) is 0 Å². The summed E-state index contributed by atoms with van der Waals surface area (Å²) in [6.07, 6.45) is 2.12. The van der Waals surface area contributed by atoms with Gasteiger partial charge in [-0.25, -0.2) is 0 Å². The summed E-state index contributed by atoms with van der Waals surface area (Å²) in [7, 11) is 2.06. The Morgan fingerprint density at radius 2 is 2.00 bits per heavy atom. The van der Waals surface area contributed by atoms with Gasteiger partial charge in [-0.2, -0.15) is 5.10 Å². The number of benzene rings is 1. The van der Waals surface area contributed by atoms with E-state index >= 15 is 0 Å². The second kappa shape index (κ2) is 3.63. The number of nitrogen functional groups attached to an aromatic ring is 1. The molecule has 3 aromatic rings. The Labute approximate surface area is 105 Å². The van der Waals surface area contributed by atoms with Gasteiger partial charge in [-0.1, -0.05) is 6.07 Å². The molecular weight excluding hydrogens is 224 g/mol. The van der Waals surface area contributed by atoms with Crippen molar-refractivity contribution in [2.75, 3.05) is 5.73 Å². The van der Waals surface area contributed by atoms with Gasteiger partial charge >= 0.3 is 0 Å². The summed E-state index contributed by atoms with van der Waals surface area (Å²) in [5.41, 5.74) is 11.6. The van der Waals surface area contributed by atoms with Crippen LogP contribution in [0.3, 0.4) is 0 Å². The molecule has 0 saturated heterocycles. The van der Waals surface area contributed by atoms with Crippen molar-refractivity contribution in [3.63, 3.8) is 0 Å². The van der Waals surface area contributed by atoms with E-state index in [-0.39, 0.29) is 0 Å². The number of aryl methyl sites for hydroxylation is 3. The number of nitrogens with two attached hydrogens (primary N) is 1. The Morgan fingerprint density at radius 3 is 2.67 bits per heavy atom. The molecule has 0 amide bonds. The number of hydrogen-bond acceptors (Lipinski definition) is 2. The highest BCUT2D eigenvalue weighted by molar-refractivity contribution is 5.98. The minimum absolute atomic E-state index is 0.520. The summed E-state index contributed by atoms with van der Waals surface area (Å²) >= 11 is 0. The first-order valence-corrected chi connectivity index (χ1v) is 5.94. The van der Waals surface area contributed by atoms with E-state index in [4.69, 9.17) is 5.73 Å². The van der Waals surface area contributed by atoms with Crippen molar-refractivity contribution in [2.45, 2.75) is 13.8 Å². The van der Waals surface area contributed by atoms with E-state index in [9.17, 15) is 0 Å². The fourth-order valence-electron chi connectivity index (χ4n) is 2.58. The molecule has 0 spiro atoms. The van der Waals surface area contributed by atoms with Crippen LogP contribution in [0.5, 0.6) is 0 Å². The molecule has 2 heterocycles. The van der Waals surface area contributed by atoms with Crippen molar-refractivity contribution < 1.29 is 0 Å². The molecule has 0 aliphatic rings. The van der Waals surface area contributed by atoms with Crippen LogP contribution in [0.1, 0.15) is 11.1 Å². The van der Waals surface area contributed by atoms with Gasteiger partial charge < -0.3 is 10.3 Å². The van der Waals surface area contributed by atoms with Gasteiger partial charge in [0.25, 0.3) is 0 Å². The molecule has 0 aliphatic carbocycles. The second-order valence-corrected chi connectivity index (χ2v) is 4.84. The standard InChI is InChI=1S/C14H16N4/c1-8-4-9(2)14-10(7-18(3)12(14)5-8)11-6-13(15)17-16-11/h4-7H,1-3H3,(H3,15,16,17). The van der Waals surface area contributed by atoms with E-state index in [1.807, 2.05) is 6.07 Å². The van der Waals surface area contributed by atoms with Crippen LogP contribution in [0.25, 0.3) is 22.2 Å². The number of H-pyrrole nitrogens is 1. The van der Waals surface area contributed by atoms with Crippen LogP contribution in [0, 0.1) is 13.8 Å². The Hall–Kier alpha value is -2.23. The lowest BCUT2D eigenvalue weighted by Gasteiger charge is -2.03. The molecule has 3 N–H and O–H groups in total. The van der Waals surface area contributed by atoms with Gasteiger partial charge in [0.2, 0.25) is 0 Å². The fourth-order valence-corrected chi connectivity index (χ4v) is 2.58. The molecule has 0 bridgehead atoms. The zero-order chi connectivity index (χ0) is 12.9. The van der Waals surface area contributed by atoms with Gasteiger partial charge in [-0.3, -0.25) is 5.10 Å². The number of fused-ring (bicyclic) bond motifs is 1. The average molecular weight is 240 g/mol. The van der Waals surface area contributed by atoms with Crippen molar-refractivity contribution in [3.8, 4) is 11.3 Å². The zero-order valence-corrected chi connectivity index (χ0v) is 10.8. The van der Waals surface area contributed by atoms with Crippen molar-refractivity contribution in [2.24, 2.45) is 7.05 Å². The van der Waals surface area contributed by atoms with Crippen LogP contribution >= 0.6 is 0 Å². The fraction of sp³-hybridized carbons (Fsp3) is 0.214. The minimum atomic E-state index is 0.520. The SMILES string of the molecule is Cc1cc(C)c2c(-c3cc(N)n[nH]3)cn(C)c2c1. The highest BCUT2D eigenvalue weighted by Gasteiger charge is 2.13. The van der Waals surface area contributed by atoms with Crippen molar-refractivity contribution in [1.82, 2.24) is 14.8 Å². The molecule has 4 heteroatoms. The van der Waals surface area contributed by atoms with Crippen LogP contribution < -0.4 is 5.73 Å². The summed E-state index contributed by atoms with van der Waals surface area (Å²) < 4.78 is 2.14. The van der Waals surface area contributed by atoms with Crippen molar-refractivity contribution >= 4 is 16.7 Å². The predicted octanol–water partition coefficient (Wildman–Crippen LogP) is 2.77. The summed E-state index contributed by atoms with van der Waals surface area (Å²) in [4.78, 5) is 0. The van der Waals surface area contributed by atoms with E-state index < -0.39 is 0 Å². The lowest BCUT2D eigenvalue weighted by atomic mass is 10.0. The van der Waals surface area contributed by atoms with Crippen molar-refractivity contribution in [1.29, 1.82) is 0 Å². The lowest BCUT2D eigenvalue weighted by molar-refractivity contribution is 0.967. The third-order valence-corrected chi connectivity index (χ3v) is 3.32. The normalized spacial score (nSPS) is 11.3. The number of nitrogens with zero attached hydrogens (tertiary/aromatic N) is 2. The number of hydrogen-bond donors (Lipinski definition) is 2. The molecule has 0 saturated carbocycles. The predicted molar refractivity (Wildman–Crippen MR) is 74.4 cm³/mol. The van der Waals surface area contributed by atoms with Gasteiger partial charge in [0.05, 0.1) is 5.69 Å². The topological polar surface area (TPSA) is 59.6 Å². The summed E-state index contributed by atoms with van der Waals surface area (Å²) in [5.74, 6) is 0.520. The van der Waals surface area contributed by atoms with E-state index in [0.29, 0.717) is 5.82 Å². The van der Waals surface area contributed by atoms with E-state index in [0.717, 1.165) is 11.3 Å². The number of rotatable bonds is 1. The van der Waals surface area contributed by atoms with Gasteiger partial charge in [0.15, 0.2) is 0 Å². The average Bonchev–Trinajstić information content (AvgIpc) is 2.84. The molecular formula is C14H16N4. The lowest BCUT2D eigenvalue weighted by Crippen LogP contribution is -1.85. The minimum Gasteiger partial charge on any atom is -0.382 e. The largest absolute Gasteiger partial charge is 0.382 e. The molecule has 3 rings (SSSR count). The Morgan fingerprint density at radius 1 is 1.22 bits per heavy atom. The summed E-state index contributed by atoms with van der Waals surface area (Å²) in [6.45, 7) is 4.26. The van der Waals surface area contributed by atoms with E-state index in [1.165, 1.54) is 22.0 Å². The zero-order valence-electron chi connectivity index (χ0n) is 10.8. The molecule has 1 aromatic carbocycles. The first-order chi connectivity index (χ1) is 8.56. The van der Waals surface area contributed by atoms with Gasteiger partial charge in [-0.05, 0) is 31.0 Å². The number of aromatic nitrogens is 3. The Kier molecular flexibility index (Phi) is 2.20. The van der Waals surface area contributed by atoms with E-state index in [2.05, 4.69) is 54.0 Å². The third kappa shape index (κ3) is 1.49. The number of nitrogens with one attached hydrogen (secondary N) is 1. The van der Waals surface area contributed by atoms with Gasteiger partial charge in [0, 0.05) is 35.8 Å². The van der Waals surface area contributed by atoms with Gasteiger partial charge in [0.1, 0.15) is 5.82 Å². The quantitative estimate of drug-likeness (QED) is 0.687. The molecule has 4 nitrogen and oxygen atoms in total. The first-order valence-electron chi connectivity index (χ1n) is 5.94. The first kappa shape index (κ1) is 10.9. The molecule has 0 fully saturated rings. The third-order valence-electron chi connectivity index (χ3n) is 3.32. The molecule has 0 radical (unpaired) electrons. The number of aromatic amines is 1. The van der Waals surface area contributed by atoms with Crippen LogP contribution in [0.4, 0.5) is 5.82 Å². The van der Waals surface area contributed by atoms with E-state index in [1.54, 1.807) is 0 Å². The molecule has 0 unspecified atom stereocenters. The molecule has 92 valence electrons. The maximum Gasteiger partial charge on any atom is 0.145 e. The summed E-state index contributed by atoms with van der Waals surface area (Å²) in [6, 6.07) is 6.27. The van der Waals surface area contributed by atoms with Crippen molar-refractivity contribution in [3.05, 3.63) is 35.5 Å². The van der Waals surface area contributed by atoms with Crippen LogP contribution in [0.2, 0.25) is 0 Å². The monoisotopic (exact) mass is 240 g/mol. The smallest absolute Gasteiger partial charge is 0.145 e. The highest BCUT2D eigenvalue weighted by atomic mass is 15.2. The number of anilines is 1. The Balaban J connectivity index is 2.37. The molecule has 2 aromatic heterocycles. The van der Waals surface area contributed by atoms with Crippen LogP contribution in [-0.4, -0.2) is 14.8 Å². The van der Waals surface area contributed by atoms with Crippen LogP contribution in [-0.2, 0) is 7.05 Å². The highest BCUT2D eigenvalue weighted by Crippen LogP contribution is 2.32. The maximum atomic E-state index is 5.68. The van der Waals surface area contributed by atoms with Crippen LogP contribution in [0.15, 0.2) is 24.4 Å². The molecule has 0 atom stereocenters.